The van der Waals surface area contributed by atoms with Crippen LogP contribution in [0.15, 0.2) is 29.2 Å². The zero-order valence-electron chi connectivity index (χ0n) is 10.1. The fraction of sp³-hybridized carbons (Fsp3) is 0.538. The van der Waals surface area contributed by atoms with Gasteiger partial charge in [-0.2, -0.15) is 0 Å². The van der Waals surface area contributed by atoms with E-state index in [9.17, 15) is 0 Å². The van der Waals surface area contributed by atoms with E-state index in [0.29, 0.717) is 0 Å². The van der Waals surface area contributed by atoms with E-state index in [0.717, 1.165) is 17.0 Å². The molecule has 0 fully saturated rings. The maximum Gasteiger partial charge on any atom is 0.0979 e. The van der Waals surface area contributed by atoms with Gasteiger partial charge in [0.15, 0.2) is 0 Å². The molecule has 0 aliphatic carbocycles. The van der Waals surface area contributed by atoms with E-state index in [2.05, 4.69) is 67.6 Å². The van der Waals surface area contributed by atoms with Crippen LogP contribution in [0.1, 0.15) is 26.3 Å². The Morgan fingerprint density at radius 3 is 2.31 bits per heavy atom. The number of hydrogen-bond acceptors (Lipinski definition) is 2. The lowest BCUT2D eigenvalue weighted by molar-refractivity contribution is 0.210. The van der Waals surface area contributed by atoms with Crippen molar-refractivity contribution >= 4 is 34.4 Å². The van der Waals surface area contributed by atoms with Crippen LogP contribution in [0.25, 0.3) is 0 Å². The molecule has 0 aromatic heterocycles. The number of benzene rings is 1. The van der Waals surface area contributed by atoms with Gasteiger partial charge in [-0.3, -0.25) is 0 Å². The van der Waals surface area contributed by atoms with E-state index in [1.165, 1.54) is 10.5 Å². The van der Waals surface area contributed by atoms with Crippen molar-refractivity contribution in [3.8, 4) is 0 Å². The number of alkyl halides is 1. The number of rotatable bonds is 5. The average Bonchev–Trinajstić information content (AvgIpc) is 2.24. The van der Waals surface area contributed by atoms with Crippen molar-refractivity contribution < 1.29 is 4.74 Å². The summed E-state index contributed by atoms with van der Waals surface area (Å²) in [4.78, 5) is 1.32. The van der Waals surface area contributed by atoms with Gasteiger partial charge in [0, 0.05) is 10.6 Å². The van der Waals surface area contributed by atoms with Crippen molar-refractivity contribution in [2.75, 3.05) is 17.0 Å². The molecule has 1 aromatic carbocycles. The van der Waals surface area contributed by atoms with Gasteiger partial charge in [0.1, 0.15) is 0 Å². The molecule has 1 nitrogen and oxygen atoms in total. The minimum absolute atomic E-state index is 0.244. The van der Waals surface area contributed by atoms with Crippen LogP contribution in [0.5, 0.6) is 0 Å². The predicted molar refractivity (Wildman–Crippen MR) is 80.7 cm³/mol. The van der Waals surface area contributed by atoms with Crippen LogP contribution in [0.4, 0.5) is 0 Å². The van der Waals surface area contributed by atoms with Crippen LogP contribution in [0, 0.1) is 0 Å². The van der Waals surface area contributed by atoms with Gasteiger partial charge in [-0.05, 0) is 23.1 Å². The molecule has 0 aliphatic rings. The van der Waals surface area contributed by atoms with Crippen LogP contribution < -0.4 is 0 Å². The molecule has 0 spiro atoms. The summed E-state index contributed by atoms with van der Waals surface area (Å²) in [6.45, 7) is 7.55. The zero-order chi connectivity index (χ0) is 12.0. The van der Waals surface area contributed by atoms with Crippen molar-refractivity contribution in [2.45, 2.75) is 31.1 Å². The van der Waals surface area contributed by atoms with E-state index >= 15 is 0 Å². The fourth-order valence-corrected chi connectivity index (χ4v) is 2.40. The van der Waals surface area contributed by atoms with E-state index in [4.69, 9.17) is 4.74 Å². The van der Waals surface area contributed by atoms with Gasteiger partial charge in [-0.25, -0.2) is 0 Å². The molecule has 0 N–H and O–H groups in total. The van der Waals surface area contributed by atoms with Crippen molar-refractivity contribution in [1.82, 2.24) is 0 Å². The lowest BCUT2D eigenvalue weighted by Crippen LogP contribution is -2.10. The molecule has 0 radical (unpaired) electrons. The Balaban J connectivity index is 2.46. The minimum atomic E-state index is 0.244. The second-order valence-electron chi connectivity index (χ2n) is 4.64. The fourth-order valence-electron chi connectivity index (χ4n) is 1.32. The monoisotopic (exact) mass is 350 g/mol. The lowest BCUT2D eigenvalue weighted by Gasteiger charge is -2.19. The molecule has 0 aliphatic heterocycles. The summed E-state index contributed by atoms with van der Waals surface area (Å²) in [5, 5.41) is 0. The number of ether oxygens (including phenoxy) is 1. The molecule has 16 heavy (non-hydrogen) atoms. The Bertz CT molecular complexity index is 303. The van der Waals surface area contributed by atoms with Gasteiger partial charge in [0.05, 0.1) is 11.2 Å². The van der Waals surface area contributed by atoms with Crippen LogP contribution in [0.3, 0.4) is 0 Å². The molecular formula is C13H19IOS. The van der Waals surface area contributed by atoms with Crippen molar-refractivity contribution in [2.24, 2.45) is 0 Å². The maximum absolute atomic E-state index is 5.30. The SMILES string of the molecule is CC(C)(C)c1ccc(SCCOCI)cc1. The van der Waals surface area contributed by atoms with Crippen molar-refractivity contribution in [3.63, 3.8) is 0 Å². The number of thioether (sulfide) groups is 1. The van der Waals surface area contributed by atoms with Crippen LogP contribution in [-0.2, 0) is 10.2 Å². The first-order valence-corrected chi connectivity index (χ1v) is 7.92. The summed E-state index contributed by atoms with van der Waals surface area (Å²) in [5.74, 6) is 1.03. The number of halogens is 1. The summed E-state index contributed by atoms with van der Waals surface area (Å²) in [7, 11) is 0. The molecule has 0 bridgehead atoms. The molecule has 3 heteroatoms. The molecule has 0 saturated carbocycles. The van der Waals surface area contributed by atoms with Gasteiger partial charge in [-0.15, -0.1) is 11.8 Å². The second-order valence-corrected chi connectivity index (χ2v) is 6.43. The third kappa shape index (κ3) is 5.06. The van der Waals surface area contributed by atoms with Crippen LogP contribution in [0.2, 0.25) is 0 Å². The minimum Gasteiger partial charge on any atom is -0.370 e. The molecule has 1 rings (SSSR count). The third-order valence-corrected chi connectivity index (χ3v) is 3.71. The maximum atomic E-state index is 5.30. The highest BCUT2D eigenvalue weighted by Crippen LogP contribution is 2.25. The Morgan fingerprint density at radius 1 is 1.19 bits per heavy atom. The summed E-state index contributed by atoms with van der Waals surface area (Å²) in [6.07, 6.45) is 0. The first kappa shape index (κ1) is 14.3. The highest BCUT2D eigenvalue weighted by Gasteiger charge is 2.12. The summed E-state index contributed by atoms with van der Waals surface area (Å²) in [6, 6.07) is 8.85. The highest BCUT2D eigenvalue weighted by atomic mass is 127. The Morgan fingerprint density at radius 2 is 1.81 bits per heavy atom. The standard InChI is InChI=1S/C13H19IOS/c1-13(2,3)11-4-6-12(7-5-11)16-9-8-15-10-14/h4-7H,8-10H2,1-3H3. The molecular weight excluding hydrogens is 331 g/mol. The second kappa shape index (κ2) is 6.87. The Labute approximate surface area is 116 Å². The molecule has 0 unspecified atom stereocenters. The van der Waals surface area contributed by atoms with Crippen molar-refractivity contribution in [1.29, 1.82) is 0 Å². The smallest absolute Gasteiger partial charge is 0.0979 e. The number of hydrogen-bond donors (Lipinski definition) is 0. The van der Waals surface area contributed by atoms with Gasteiger partial charge in [0.25, 0.3) is 0 Å². The largest absolute Gasteiger partial charge is 0.370 e. The molecule has 90 valence electrons. The molecule has 0 amide bonds. The summed E-state index contributed by atoms with van der Waals surface area (Å²) >= 11 is 4.07. The highest BCUT2D eigenvalue weighted by molar-refractivity contribution is 14.1. The molecule has 1 aromatic rings. The quantitative estimate of drug-likeness (QED) is 0.335. The first-order valence-electron chi connectivity index (χ1n) is 5.41. The molecule has 0 saturated heterocycles. The topological polar surface area (TPSA) is 9.23 Å². The average molecular weight is 350 g/mol. The van der Waals surface area contributed by atoms with Gasteiger partial charge < -0.3 is 4.74 Å². The van der Waals surface area contributed by atoms with E-state index in [-0.39, 0.29) is 5.41 Å². The van der Waals surface area contributed by atoms with Gasteiger partial charge in [-0.1, -0.05) is 55.5 Å². The predicted octanol–water partition coefficient (Wildman–Crippen LogP) is 4.49. The van der Waals surface area contributed by atoms with E-state index < -0.39 is 0 Å². The van der Waals surface area contributed by atoms with E-state index in [1.807, 2.05) is 11.8 Å². The molecule has 0 heterocycles. The van der Waals surface area contributed by atoms with Crippen LogP contribution in [-0.4, -0.2) is 17.0 Å². The molecule has 0 atom stereocenters. The third-order valence-electron chi connectivity index (χ3n) is 2.29. The summed E-state index contributed by atoms with van der Waals surface area (Å²) < 4.78 is 6.08. The summed E-state index contributed by atoms with van der Waals surface area (Å²) in [5.41, 5.74) is 1.63. The normalized spacial score (nSPS) is 11.8. The Kier molecular flexibility index (Phi) is 6.15. The Hall–Kier alpha value is 0.260. The lowest BCUT2D eigenvalue weighted by atomic mass is 9.87. The van der Waals surface area contributed by atoms with Crippen LogP contribution >= 0.6 is 34.4 Å². The van der Waals surface area contributed by atoms with Gasteiger partial charge >= 0.3 is 0 Å². The first-order chi connectivity index (χ1) is 7.54. The van der Waals surface area contributed by atoms with Crippen molar-refractivity contribution in [3.05, 3.63) is 29.8 Å². The zero-order valence-corrected chi connectivity index (χ0v) is 13.1. The van der Waals surface area contributed by atoms with Gasteiger partial charge in [0.2, 0.25) is 0 Å². The van der Waals surface area contributed by atoms with E-state index in [1.54, 1.807) is 0 Å².